The van der Waals surface area contributed by atoms with Crippen molar-refractivity contribution < 1.29 is 22.7 Å². The molecule has 4 aromatic carbocycles. The van der Waals surface area contributed by atoms with E-state index in [0.29, 0.717) is 17.9 Å². The van der Waals surface area contributed by atoms with Crippen LogP contribution < -0.4 is 14.4 Å². The zero-order chi connectivity index (χ0) is 34.1. The summed E-state index contributed by atoms with van der Waals surface area (Å²) >= 11 is 12.6. The second-order valence-corrected chi connectivity index (χ2v) is 14.4. The molecular formula is C36H39Cl2N3O5S. The lowest BCUT2D eigenvalue weighted by Gasteiger charge is -2.34. The molecule has 47 heavy (non-hydrogen) atoms. The van der Waals surface area contributed by atoms with E-state index >= 15 is 0 Å². The van der Waals surface area contributed by atoms with Gasteiger partial charge in [0.15, 0.2) is 0 Å². The van der Waals surface area contributed by atoms with Crippen molar-refractivity contribution in [2.75, 3.05) is 24.5 Å². The number of hydrogen-bond donors (Lipinski definition) is 1. The van der Waals surface area contributed by atoms with E-state index in [1.54, 1.807) is 37.4 Å². The number of hydrogen-bond acceptors (Lipinski definition) is 5. The highest BCUT2D eigenvalue weighted by atomic mass is 35.5. The van der Waals surface area contributed by atoms with E-state index < -0.39 is 28.5 Å². The highest BCUT2D eigenvalue weighted by Crippen LogP contribution is 2.30. The average Bonchev–Trinajstić information content (AvgIpc) is 3.04. The van der Waals surface area contributed by atoms with E-state index in [0.717, 1.165) is 15.4 Å². The van der Waals surface area contributed by atoms with E-state index in [1.165, 1.54) is 35.2 Å². The number of ether oxygens (including phenoxy) is 1. The third-order valence-corrected chi connectivity index (χ3v) is 9.69. The number of rotatable bonds is 14. The number of aryl methyl sites for hydroxylation is 1. The Morgan fingerprint density at radius 1 is 0.851 bits per heavy atom. The van der Waals surface area contributed by atoms with Gasteiger partial charge in [-0.2, -0.15) is 0 Å². The van der Waals surface area contributed by atoms with Crippen LogP contribution in [0, 0.1) is 12.8 Å². The molecule has 8 nitrogen and oxygen atoms in total. The summed E-state index contributed by atoms with van der Waals surface area (Å²) in [6.45, 7) is 5.60. The number of nitrogens with zero attached hydrogens (tertiary/aromatic N) is 2. The fraction of sp³-hybridized carbons (Fsp3) is 0.278. The van der Waals surface area contributed by atoms with Gasteiger partial charge in [-0.05, 0) is 66.4 Å². The summed E-state index contributed by atoms with van der Waals surface area (Å²) in [6, 6.07) is 26.3. The summed E-state index contributed by atoms with van der Waals surface area (Å²) in [4.78, 5) is 29.9. The van der Waals surface area contributed by atoms with Crippen LogP contribution >= 0.6 is 23.2 Å². The molecule has 0 saturated heterocycles. The Morgan fingerprint density at radius 2 is 1.49 bits per heavy atom. The third-order valence-electron chi connectivity index (χ3n) is 7.47. The van der Waals surface area contributed by atoms with Crippen molar-refractivity contribution in [3.05, 3.63) is 124 Å². The maximum Gasteiger partial charge on any atom is 0.264 e. The molecule has 1 N–H and O–H groups in total. The highest BCUT2D eigenvalue weighted by molar-refractivity contribution is 7.92. The molecule has 0 bridgehead atoms. The Bertz CT molecular complexity index is 1760. The summed E-state index contributed by atoms with van der Waals surface area (Å²) in [5, 5.41) is 3.39. The fourth-order valence-corrected chi connectivity index (χ4v) is 6.91. The lowest BCUT2D eigenvalue weighted by Crippen LogP contribution is -2.53. The Labute approximate surface area is 287 Å². The van der Waals surface area contributed by atoms with Crippen molar-refractivity contribution in [1.82, 2.24) is 10.2 Å². The van der Waals surface area contributed by atoms with Crippen LogP contribution in [0.2, 0.25) is 10.0 Å². The van der Waals surface area contributed by atoms with Gasteiger partial charge in [-0.1, -0.05) is 97.2 Å². The van der Waals surface area contributed by atoms with Gasteiger partial charge in [0.1, 0.15) is 18.3 Å². The summed E-state index contributed by atoms with van der Waals surface area (Å²) < 4.78 is 34.8. The van der Waals surface area contributed by atoms with Crippen LogP contribution in [0.1, 0.15) is 30.5 Å². The normalized spacial score (nSPS) is 12.0. The van der Waals surface area contributed by atoms with Gasteiger partial charge in [0.25, 0.3) is 10.0 Å². The number of methoxy groups -OCH3 is 1. The van der Waals surface area contributed by atoms with Crippen LogP contribution in [0.5, 0.6) is 5.75 Å². The van der Waals surface area contributed by atoms with Crippen molar-refractivity contribution in [3.63, 3.8) is 0 Å². The lowest BCUT2D eigenvalue weighted by molar-refractivity contribution is -0.140. The predicted molar refractivity (Wildman–Crippen MR) is 187 cm³/mol. The molecule has 0 aromatic heterocycles. The monoisotopic (exact) mass is 695 g/mol. The molecule has 0 fully saturated rings. The number of nitrogens with one attached hydrogen (secondary N) is 1. The number of sulfonamides is 1. The van der Waals surface area contributed by atoms with Gasteiger partial charge in [-0.15, -0.1) is 0 Å². The lowest BCUT2D eigenvalue weighted by atomic mass is 10.0. The third kappa shape index (κ3) is 9.73. The van der Waals surface area contributed by atoms with Gasteiger partial charge in [0.2, 0.25) is 11.8 Å². The molecule has 0 radical (unpaired) electrons. The van der Waals surface area contributed by atoms with Crippen LogP contribution in [0.15, 0.2) is 102 Å². The molecule has 0 aliphatic rings. The molecule has 248 valence electrons. The zero-order valence-electron chi connectivity index (χ0n) is 26.8. The maximum absolute atomic E-state index is 14.6. The summed E-state index contributed by atoms with van der Waals surface area (Å²) in [5.41, 5.74) is 2.53. The molecule has 4 rings (SSSR count). The molecule has 11 heteroatoms. The van der Waals surface area contributed by atoms with Crippen LogP contribution in [0.25, 0.3) is 0 Å². The average molecular weight is 697 g/mol. The van der Waals surface area contributed by atoms with Crippen molar-refractivity contribution >= 4 is 50.7 Å². The van der Waals surface area contributed by atoms with Crippen LogP contribution in [0.4, 0.5) is 5.69 Å². The van der Waals surface area contributed by atoms with Gasteiger partial charge < -0.3 is 15.0 Å². The molecule has 0 heterocycles. The summed E-state index contributed by atoms with van der Waals surface area (Å²) in [5.74, 6) is -0.199. The van der Waals surface area contributed by atoms with Crippen LogP contribution in [-0.4, -0.2) is 51.4 Å². The molecule has 0 spiro atoms. The van der Waals surface area contributed by atoms with E-state index in [1.807, 2.05) is 57.2 Å². The first-order valence-corrected chi connectivity index (χ1v) is 17.4. The van der Waals surface area contributed by atoms with Crippen LogP contribution in [-0.2, 0) is 32.6 Å². The molecule has 0 saturated carbocycles. The van der Waals surface area contributed by atoms with Gasteiger partial charge in [-0.25, -0.2) is 8.42 Å². The molecule has 0 unspecified atom stereocenters. The van der Waals surface area contributed by atoms with Crippen molar-refractivity contribution in [3.8, 4) is 5.75 Å². The highest BCUT2D eigenvalue weighted by Gasteiger charge is 2.35. The first kappa shape index (κ1) is 35.8. The number of carbonyl (C=O) groups excluding carboxylic acids is 2. The minimum absolute atomic E-state index is 0.0113. The first-order valence-electron chi connectivity index (χ1n) is 15.2. The van der Waals surface area contributed by atoms with Gasteiger partial charge in [0.05, 0.1) is 17.7 Å². The van der Waals surface area contributed by atoms with Crippen molar-refractivity contribution in [2.45, 2.75) is 44.7 Å². The van der Waals surface area contributed by atoms with E-state index in [2.05, 4.69) is 5.32 Å². The first-order chi connectivity index (χ1) is 22.4. The number of benzene rings is 4. The molecule has 2 amide bonds. The molecule has 4 aromatic rings. The quantitative estimate of drug-likeness (QED) is 0.155. The number of anilines is 1. The van der Waals surface area contributed by atoms with Gasteiger partial charge in [0, 0.05) is 29.6 Å². The summed E-state index contributed by atoms with van der Waals surface area (Å²) in [7, 11) is -2.75. The number of carbonyl (C=O) groups is 2. The van der Waals surface area contributed by atoms with Crippen molar-refractivity contribution in [1.29, 1.82) is 0 Å². The Hall–Kier alpha value is -4.05. The summed E-state index contributed by atoms with van der Waals surface area (Å²) in [6.07, 6.45) is 0.203. The van der Waals surface area contributed by atoms with Crippen molar-refractivity contribution in [2.24, 2.45) is 5.92 Å². The molecule has 0 aliphatic carbocycles. The Balaban J connectivity index is 1.83. The van der Waals surface area contributed by atoms with E-state index in [9.17, 15) is 18.0 Å². The van der Waals surface area contributed by atoms with E-state index in [-0.39, 0.29) is 45.4 Å². The minimum atomic E-state index is -4.29. The van der Waals surface area contributed by atoms with Gasteiger partial charge in [-0.3, -0.25) is 13.9 Å². The second-order valence-electron chi connectivity index (χ2n) is 11.7. The fourth-order valence-electron chi connectivity index (χ4n) is 4.99. The number of halogens is 2. The number of amides is 2. The minimum Gasteiger partial charge on any atom is -0.497 e. The maximum atomic E-state index is 14.6. The predicted octanol–water partition coefficient (Wildman–Crippen LogP) is 6.92. The van der Waals surface area contributed by atoms with E-state index in [4.69, 9.17) is 27.9 Å². The molecule has 1 atom stereocenters. The smallest absolute Gasteiger partial charge is 0.264 e. The standard InChI is InChI=1S/C36H39Cl2N3O5S/c1-25(2)22-39-36(43)34(18-27-9-6-5-7-10-27)40(23-28-11-8-12-32(17-28)46-4)35(42)24-41(31-20-29(37)19-30(38)21-31)47(44,45)33-15-13-26(3)14-16-33/h5-17,19-21,25,34H,18,22-24H2,1-4H3,(H,39,43)/t34-/m0/s1. The SMILES string of the molecule is COc1cccc(CN(C(=O)CN(c2cc(Cl)cc(Cl)c2)S(=O)(=O)c2ccc(C)cc2)[C@@H](Cc2ccccc2)C(=O)NCC(C)C)c1. The Kier molecular flexibility index (Phi) is 12.3. The van der Waals surface area contributed by atoms with Gasteiger partial charge >= 0.3 is 0 Å². The molecular weight excluding hydrogens is 657 g/mol. The van der Waals surface area contributed by atoms with Crippen LogP contribution in [0.3, 0.4) is 0 Å². The topological polar surface area (TPSA) is 96.0 Å². The Morgan fingerprint density at radius 3 is 2.11 bits per heavy atom. The molecule has 0 aliphatic heterocycles. The zero-order valence-corrected chi connectivity index (χ0v) is 29.1. The second kappa shape index (κ2) is 16.2. The largest absolute Gasteiger partial charge is 0.497 e.